The van der Waals surface area contributed by atoms with Gasteiger partial charge in [0.1, 0.15) is 0 Å². The van der Waals surface area contributed by atoms with Crippen LogP contribution in [0.4, 0.5) is 0 Å². The van der Waals surface area contributed by atoms with Gasteiger partial charge in [-0.2, -0.15) is 0 Å². The molecule has 3 rings (SSSR count). The first-order chi connectivity index (χ1) is 10.2. The van der Waals surface area contributed by atoms with Crippen molar-refractivity contribution in [3.8, 4) is 0 Å². The van der Waals surface area contributed by atoms with Crippen LogP contribution in [-0.4, -0.2) is 70.7 Å². The Kier molecular flexibility index (Phi) is 4.62. The molecule has 1 aromatic heterocycles. The first-order valence-corrected chi connectivity index (χ1v) is 8.31. The predicted octanol–water partition coefficient (Wildman–Crippen LogP) is 1.03. The second-order valence-electron chi connectivity index (χ2n) is 6.83. The van der Waals surface area contributed by atoms with E-state index in [4.69, 9.17) is 0 Å². The standard InChI is InChI=1S/C16H29N5/c1-15(12-20-11-8-18-14-20)21-10-3-9-19(2)16(13-21)4-6-17-7-5-16/h8,11,14-15,17H,3-7,9-10,12-13H2,1-2H3. The monoisotopic (exact) mass is 291 g/mol. The minimum absolute atomic E-state index is 0.380. The maximum atomic E-state index is 4.16. The van der Waals surface area contributed by atoms with E-state index in [-0.39, 0.29) is 0 Å². The van der Waals surface area contributed by atoms with Crippen molar-refractivity contribution >= 4 is 0 Å². The third kappa shape index (κ3) is 3.30. The fraction of sp³-hybridized carbons (Fsp3) is 0.812. The maximum Gasteiger partial charge on any atom is 0.0946 e. The Labute approximate surface area is 128 Å². The van der Waals surface area contributed by atoms with Gasteiger partial charge in [-0.15, -0.1) is 0 Å². The van der Waals surface area contributed by atoms with Gasteiger partial charge in [-0.3, -0.25) is 9.80 Å². The SMILES string of the molecule is CC(Cn1ccnc1)N1CCCN(C)C2(CCNCC2)C1. The minimum Gasteiger partial charge on any atom is -0.336 e. The molecule has 21 heavy (non-hydrogen) atoms. The van der Waals surface area contributed by atoms with Gasteiger partial charge in [0.15, 0.2) is 0 Å². The van der Waals surface area contributed by atoms with Gasteiger partial charge in [-0.05, 0) is 59.4 Å². The molecule has 2 aliphatic rings. The van der Waals surface area contributed by atoms with Crippen molar-refractivity contribution in [1.82, 2.24) is 24.7 Å². The van der Waals surface area contributed by atoms with Gasteiger partial charge in [0.25, 0.3) is 0 Å². The van der Waals surface area contributed by atoms with Crippen LogP contribution in [0.1, 0.15) is 26.2 Å². The van der Waals surface area contributed by atoms with Crippen LogP contribution < -0.4 is 5.32 Å². The van der Waals surface area contributed by atoms with Crippen molar-refractivity contribution in [2.45, 2.75) is 44.3 Å². The molecule has 3 heterocycles. The number of hydrogen-bond acceptors (Lipinski definition) is 4. The molecule has 5 heteroatoms. The Bertz CT molecular complexity index is 424. The van der Waals surface area contributed by atoms with E-state index in [2.05, 4.69) is 44.8 Å². The lowest BCUT2D eigenvalue weighted by Crippen LogP contribution is -2.58. The summed E-state index contributed by atoms with van der Waals surface area (Å²) in [6.45, 7) is 9.38. The number of piperidine rings is 1. The fourth-order valence-corrected chi connectivity index (χ4v) is 3.95. The van der Waals surface area contributed by atoms with Crippen LogP contribution in [0.3, 0.4) is 0 Å². The van der Waals surface area contributed by atoms with Crippen molar-refractivity contribution < 1.29 is 0 Å². The lowest BCUT2D eigenvalue weighted by Gasteiger charge is -2.46. The number of rotatable bonds is 3. The Hall–Kier alpha value is -0.910. The smallest absolute Gasteiger partial charge is 0.0946 e. The number of nitrogens with one attached hydrogen (secondary N) is 1. The largest absolute Gasteiger partial charge is 0.336 e. The van der Waals surface area contributed by atoms with Crippen LogP contribution >= 0.6 is 0 Å². The highest BCUT2D eigenvalue weighted by atomic mass is 15.3. The van der Waals surface area contributed by atoms with Gasteiger partial charge in [-0.1, -0.05) is 0 Å². The number of nitrogens with zero attached hydrogens (tertiary/aromatic N) is 4. The zero-order valence-electron chi connectivity index (χ0n) is 13.5. The highest BCUT2D eigenvalue weighted by Gasteiger charge is 2.39. The molecule has 2 aliphatic heterocycles. The summed E-state index contributed by atoms with van der Waals surface area (Å²) in [5, 5.41) is 3.52. The van der Waals surface area contributed by atoms with E-state index >= 15 is 0 Å². The summed E-state index contributed by atoms with van der Waals surface area (Å²) in [5.74, 6) is 0. The van der Waals surface area contributed by atoms with Crippen LogP contribution in [0, 0.1) is 0 Å². The molecule has 0 aliphatic carbocycles. The van der Waals surface area contributed by atoms with Gasteiger partial charge in [0, 0.05) is 37.1 Å². The van der Waals surface area contributed by atoms with E-state index in [1.807, 2.05) is 12.5 Å². The highest BCUT2D eigenvalue weighted by Crippen LogP contribution is 2.29. The fourth-order valence-electron chi connectivity index (χ4n) is 3.95. The molecule has 2 saturated heterocycles. The average Bonchev–Trinajstić information content (AvgIpc) is 2.94. The molecular formula is C16H29N5. The molecule has 1 N–H and O–H groups in total. The summed E-state index contributed by atoms with van der Waals surface area (Å²) in [7, 11) is 2.33. The molecule has 0 saturated carbocycles. The van der Waals surface area contributed by atoms with Crippen molar-refractivity contribution in [2.24, 2.45) is 0 Å². The zero-order valence-corrected chi connectivity index (χ0v) is 13.5. The average molecular weight is 291 g/mol. The summed E-state index contributed by atoms with van der Waals surface area (Å²) >= 11 is 0. The first kappa shape index (κ1) is 15.0. The maximum absolute atomic E-state index is 4.16. The Morgan fingerprint density at radius 2 is 2.10 bits per heavy atom. The van der Waals surface area contributed by atoms with Crippen molar-refractivity contribution in [3.05, 3.63) is 18.7 Å². The molecule has 1 unspecified atom stereocenters. The summed E-state index contributed by atoms with van der Waals surface area (Å²) in [6.07, 6.45) is 9.70. The van der Waals surface area contributed by atoms with E-state index in [9.17, 15) is 0 Å². The Balaban J connectivity index is 1.69. The third-order valence-electron chi connectivity index (χ3n) is 5.44. The van der Waals surface area contributed by atoms with Gasteiger partial charge in [0.2, 0.25) is 0 Å². The molecule has 0 amide bonds. The van der Waals surface area contributed by atoms with Crippen molar-refractivity contribution in [3.63, 3.8) is 0 Å². The van der Waals surface area contributed by atoms with E-state index in [0.29, 0.717) is 11.6 Å². The lowest BCUT2D eigenvalue weighted by molar-refractivity contribution is 0.0523. The molecule has 5 nitrogen and oxygen atoms in total. The number of aromatic nitrogens is 2. The molecule has 2 fully saturated rings. The second kappa shape index (κ2) is 6.46. The molecule has 0 radical (unpaired) electrons. The number of hydrogen-bond donors (Lipinski definition) is 1. The minimum atomic E-state index is 0.380. The van der Waals surface area contributed by atoms with Crippen molar-refractivity contribution in [1.29, 1.82) is 0 Å². The Morgan fingerprint density at radius 3 is 2.81 bits per heavy atom. The third-order valence-corrected chi connectivity index (χ3v) is 5.44. The second-order valence-corrected chi connectivity index (χ2v) is 6.83. The van der Waals surface area contributed by atoms with Gasteiger partial charge < -0.3 is 9.88 Å². The van der Waals surface area contributed by atoms with E-state index < -0.39 is 0 Å². The van der Waals surface area contributed by atoms with Gasteiger partial charge in [-0.25, -0.2) is 4.98 Å². The topological polar surface area (TPSA) is 36.3 Å². The molecule has 1 atom stereocenters. The summed E-state index contributed by atoms with van der Waals surface area (Å²) in [5.41, 5.74) is 0.380. The van der Waals surface area contributed by atoms with Gasteiger partial charge in [0.05, 0.1) is 6.33 Å². The molecular weight excluding hydrogens is 262 g/mol. The molecule has 0 aromatic carbocycles. The molecule has 118 valence electrons. The summed E-state index contributed by atoms with van der Waals surface area (Å²) in [6, 6.07) is 0.567. The highest BCUT2D eigenvalue weighted by molar-refractivity contribution is 4.98. The van der Waals surface area contributed by atoms with E-state index in [0.717, 1.165) is 19.6 Å². The van der Waals surface area contributed by atoms with Crippen LogP contribution in [0.2, 0.25) is 0 Å². The quantitative estimate of drug-likeness (QED) is 0.902. The van der Waals surface area contributed by atoms with E-state index in [1.165, 1.54) is 38.9 Å². The predicted molar refractivity (Wildman–Crippen MR) is 85.3 cm³/mol. The van der Waals surface area contributed by atoms with Crippen LogP contribution in [-0.2, 0) is 6.54 Å². The van der Waals surface area contributed by atoms with Crippen LogP contribution in [0.15, 0.2) is 18.7 Å². The molecule has 0 bridgehead atoms. The van der Waals surface area contributed by atoms with E-state index in [1.54, 1.807) is 0 Å². The normalized spacial score (nSPS) is 25.8. The number of imidazole rings is 1. The molecule has 1 aromatic rings. The summed E-state index contributed by atoms with van der Waals surface area (Å²) in [4.78, 5) is 9.50. The van der Waals surface area contributed by atoms with Crippen LogP contribution in [0.5, 0.6) is 0 Å². The number of likely N-dealkylation sites (N-methyl/N-ethyl adjacent to an activating group) is 1. The van der Waals surface area contributed by atoms with Crippen molar-refractivity contribution in [2.75, 3.05) is 39.8 Å². The van der Waals surface area contributed by atoms with Crippen LogP contribution in [0.25, 0.3) is 0 Å². The summed E-state index contributed by atoms with van der Waals surface area (Å²) < 4.78 is 2.20. The van der Waals surface area contributed by atoms with Gasteiger partial charge >= 0.3 is 0 Å². The Morgan fingerprint density at radius 1 is 1.29 bits per heavy atom. The lowest BCUT2D eigenvalue weighted by atomic mass is 9.86. The molecule has 1 spiro atoms. The first-order valence-electron chi connectivity index (χ1n) is 8.31. The zero-order chi connectivity index (χ0) is 14.7.